The van der Waals surface area contributed by atoms with Gasteiger partial charge in [-0.15, -0.1) is 0 Å². The van der Waals surface area contributed by atoms with E-state index in [0.717, 1.165) is 31.1 Å². The lowest BCUT2D eigenvalue weighted by Gasteiger charge is -2.39. The molecule has 0 radical (unpaired) electrons. The molecule has 2 heteroatoms. The maximum absolute atomic E-state index is 12.5. The second kappa shape index (κ2) is 4.25. The first-order valence-electron chi connectivity index (χ1n) is 7.73. The quantitative estimate of drug-likeness (QED) is 0.697. The summed E-state index contributed by atoms with van der Waals surface area (Å²) in [6.45, 7) is 6.85. The Morgan fingerprint density at radius 2 is 1.83 bits per heavy atom. The fraction of sp³-hybridized carbons (Fsp3) is 0.938. The van der Waals surface area contributed by atoms with Gasteiger partial charge < -0.3 is 4.74 Å². The van der Waals surface area contributed by atoms with Crippen molar-refractivity contribution < 1.29 is 9.53 Å². The summed E-state index contributed by atoms with van der Waals surface area (Å²) in [6, 6.07) is 0. The number of carbonyl (C=O) groups is 1. The molecule has 0 aromatic carbocycles. The van der Waals surface area contributed by atoms with Crippen LogP contribution in [0.15, 0.2) is 0 Å². The van der Waals surface area contributed by atoms with Crippen LogP contribution in [0.3, 0.4) is 0 Å². The summed E-state index contributed by atoms with van der Waals surface area (Å²) < 4.78 is 5.80. The minimum absolute atomic E-state index is 0.112. The van der Waals surface area contributed by atoms with Crippen LogP contribution in [0.25, 0.3) is 0 Å². The Hall–Kier alpha value is -0.530. The van der Waals surface area contributed by atoms with Crippen LogP contribution in [0.5, 0.6) is 0 Å². The standard InChI is InChI=1S/C16H26O2/c1-10-11(2)14-8-12(10)9-16(14,3)15(17)18-13-6-4-5-7-13/h10-14H,4-9H2,1-3H3. The number of esters is 1. The third-order valence-corrected chi connectivity index (χ3v) is 6.31. The van der Waals surface area contributed by atoms with E-state index in [2.05, 4.69) is 20.8 Å². The fourth-order valence-electron chi connectivity index (χ4n) is 4.88. The third-order valence-electron chi connectivity index (χ3n) is 6.31. The Balaban J connectivity index is 1.70. The lowest BCUT2D eigenvalue weighted by atomic mass is 9.67. The van der Waals surface area contributed by atoms with Gasteiger partial charge in [-0.25, -0.2) is 0 Å². The van der Waals surface area contributed by atoms with Crippen molar-refractivity contribution >= 4 is 5.97 Å². The van der Waals surface area contributed by atoms with Gasteiger partial charge in [-0.2, -0.15) is 0 Å². The molecule has 3 aliphatic rings. The normalized spacial score (nSPS) is 47.7. The molecule has 0 amide bonds. The molecule has 3 fully saturated rings. The van der Waals surface area contributed by atoms with Gasteiger partial charge in [0.25, 0.3) is 0 Å². The molecule has 3 saturated carbocycles. The molecule has 3 aliphatic carbocycles. The van der Waals surface area contributed by atoms with Crippen LogP contribution >= 0.6 is 0 Å². The van der Waals surface area contributed by atoms with E-state index in [1.165, 1.54) is 19.3 Å². The number of ether oxygens (including phenoxy) is 1. The number of hydrogen-bond acceptors (Lipinski definition) is 2. The van der Waals surface area contributed by atoms with Crippen LogP contribution in [-0.4, -0.2) is 12.1 Å². The van der Waals surface area contributed by atoms with Crippen LogP contribution in [0.4, 0.5) is 0 Å². The van der Waals surface area contributed by atoms with Crippen molar-refractivity contribution in [2.24, 2.45) is 29.1 Å². The fourth-order valence-corrected chi connectivity index (χ4v) is 4.88. The lowest BCUT2D eigenvalue weighted by Crippen LogP contribution is -2.41. The van der Waals surface area contributed by atoms with Crippen molar-refractivity contribution in [3.8, 4) is 0 Å². The molecular formula is C16H26O2. The summed E-state index contributed by atoms with van der Waals surface area (Å²) in [5.41, 5.74) is -0.181. The highest BCUT2D eigenvalue weighted by Gasteiger charge is 2.59. The summed E-state index contributed by atoms with van der Waals surface area (Å²) in [4.78, 5) is 12.5. The van der Waals surface area contributed by atoms with Crippen molar-refractivity contribution in [3.63, 3.8) is 0 Å². The smallest absolute Gasteiger partial charge is 0.312 e. The molecule has 0 aliphatic heterocycles. The number of rotatable bonds is 2. The van der Waals surface area contributed by atoms with Crippen LogP contribution in [0, 0.1) is 29.1 Å². The molecule has 3 rings (SSSR count). The van der Waals surface area contributed by atoms with E-state index in [1.54, 1.807) is 0 Å². The highest BCUT2D eigenvalue weighted by Crippen LogP contribution is 2.61. The molecule has 0 saturated heterocycles. The first kappa shape index (κ1) is 12.5. The summed E-state index contributed by atoms with van der Waals surface area (Å²) in [7, 11) is 0. The van der Waals surface area contributed by atoms with Gasteiger partial charge in [-0.3, -0.25) is 4.79 Å². The Labute approximate surface area is 110 Å². The highest BCUT2D eigenvalue weighted by atomic mass is 16.5. The zero-order valence-electron chi connectivity index (χ0n) is 11.9. The number of fused-ring (bicyclic) bond motifs is 2. The predicted octanol–water partition coefficient (Wildman–Crippen LogP) is 3.79. The van der Waals surface area contributed by atoms with Gasteiger partial charge in [0, 0.05) is 0 Å². The van der Waals surface area contributed by atoms with Gasteiger partial charge in [0.1, 0.15) is 6.10 Å². The van der Waals surface area contributed by atoms with Gasteiger partial charge in [0.15, 0.2) is 0 Å². The molecule has 0 N–H and O–H groups in total. The molecule has 5 unspecified atom stereocenters. The molecule has 5 atom stereocenters. The van der Waals surface area contributed by atoms with Crippen LogP contribution in [-0.2, 0) is 9.53 Å². The second-order valence-corrected chi connectivity index (χ2v) is 7.25. The van der Waals surface area contributed by atoms with Gasteiger partial charge in [0.2, 0.25) is 0 Å². The number of carbonyl (C=O) groups excluding carboxylic acids is 1. The molecule has 0 aromatic rings. The van der Waals surface area contributed by atoms with Gasteiger partial charge >= 0.3 is 5.97 Å². The van der Waals surface area contributed by atoms with E-state index >= 15 is 0 Å². The lowest BCUT2D eigenvalue weighted by molar-refractivity contribution is -0.165. The topological polar surface area (TPSA) is 26.3 Å². The summed E-state index contributed by atoms with van der Waals surface area (Å²) in [5.74, 6) is 2.91. The molecule has 2 bridgehead atoms. The van der Waals surface area contributed by atoms with Crippen molar-refractivity contribution in [1.82, 2.24) is 0 Å². The summed E-state index contributed by atoms with van der Waals surface area (Å²) in [5, 5.41) is 0. The Morgan fingerprint density at radius 3 is 2.39 bits per heavy atom. The Morgan fingerprint density at radius 1 is 1.17 bits per heavy atom. The van der Waals surface area contributed by atoms with Crippen molar-refractivity contribution in [3.05, 3.63) is 0 Å². The summed E-state index contributed by atoms with van der Waals surface area (Å²) >= 11 is 0. The molecule has 2 nitrogen and oxygen atoms in total. The molecule has 0 heterocycles. The molecule has 102 valence electrons. The van der Waals surface area contributed by atoms with Gasteiger partial charge in [-0.1, -0.05) is 13.8 Å². The maximum atomic E-state index is 12.5. The molecule has 0 aromatic heterocycles. The highest BCUT2D eigenvalue weighted by molar-refractivity contribution is 5.77. The monoisotopic (exact) mass is 250 g/mol. The van der Waals surface area contributed by atoms with E-state index < -0.39 is 0 Å². The third kappa shape index (κ3) is 1.71. The summed E-state index contributed by atoms with van der Waals surface area (Å²) in [6.07, 6.45) is 7.17. The minimum atomic E-state index is -0.181. The molecule has 18 heavy (non-hydrogen) atoms. The molecular weight excluding hydrogens is 224 g/mol. The van der Waals surface area contributed by atoms with Crippen molar-refractivity contribution in [2.45, 2.75) is 65.4 Å². The largest absolute Gasteiger partial charge is 0.462 e. The number of hydrogen-bond donors (Lipinski definition) is 0. The van der Waals surface area contributed by atoms with E-state index in [1.807, 2.05) is 0 Å². The average Bonchev–Trinajstić information content (AvgIpc) is 3.00. The van der Waals surface area contributed by atoms with Crippen LogP contribution in [0.2, 0.25) is 0 Å². The SMILES string of the molecule is CC1C2CC(C1C)C(C)(C(=O)OC1CCCC1)C2. The van der Waals surface area contributed by atoms with Gasteiger partial charge in [0.05, 0.1) is 5.41 Å². The van der Waals surface area contributed by atoms with Crippen molar-refractivity contribution in [1.29, 1.82) is 0 Å². The average molecular weight is 250 g/mol. The minimum Gasteiger partial charge on any atom is -0.462 e. The first-order chi connectivity index (χ1) is 8.52. The maximum Gasteiger partial charge on any atom is 0.312 e. The zero-order valence-corrected chi connectivity index (χ0v) is 11.9. The van der Waals surface area contributed by atoms with Crippen LogP contribution < -0.4 is 0 Å². The Bertz CT molecular complexity index is 343. The Kier molecular flexibility index (Phi) is 2.95. The first-order valence-corrected chi connectivity index (χ1v) is 7.73. The van der Waals surface area contributed by atoms with Crippen molar-refractivity contribution in [2.75, 3.05) is 0 Å². The van der Waals surface area contributed by atoms with Crippen LogP contribution in [0.1, 0.15) is 59.3 Å². The zero-order chi connectivity index (χ0) is 12.9. The second-order valence-electron chi connectivity index (χ2n) is 7.25. The predicted molar refractivity (Wildman–Crippen MR) is 71.0 cm³/mol. The van der Waals surface area contributed by atoms with E-state index in [-0.39, 0.29) is 17.5 Å². The van der Waals surface area contributed by atoms with E-state index in [9.17, 15) is 4.79 Å². The van der Waals surface area contributed by atoms with E-state index in [4.69, 9.17) is 4.74 Å². The van der Waals surface area contributed by atoms with E-state index in [0.29, 0.717) is 11.8 Å². The molecule has 0 spiro atoms. The van der Waals surface area contributed by atoms with Gasteiger partial charge in [-0.05, 0) is 69.1 Å².